The highest BCUT2D eigenvalue weighted by Gasteiger charge is 2.08. The summed E-state index contributed by atoms with van der Waals surface area (Å²) >= 11 is 1.85. The zero-order valence-corrected chi connectivity index (χ0v) is 12.5. The van der Waals surface area contributed by atoms with Crippen LogP contribution in [0.3, 0.4) is 0 Å². The molecule has 0 saturated heterocycles. The van der Waals surface area contributed by atoms with Crippen molar-refractivity contribution in [2.45, 2.75) is 24.3 Å². The Hall–Kier alpha value is -1.32. The van der Waals surface area contributed by atoms with Crippen molar-refractivity contribution in [3.8, 4) is 0 Å². The van der Waals surface area contributed by atoms with Crippen LogP contribution in [0.4, 0.5) is 4.39 Å². The third-order valence-electron chi connectivity index (χ3n) is 3.19. The highest BCUT2D eigenvalue weighted by Crippen LogP contribution is 2.19. The number of benzene rings is 2. The minimum Gasteiger partial charge on any atom is -0.309 e. The SMILES string of the molecule is CCC(NCCSc1ccccc1)c1ccc(F)cc1. The second kappa shape index (κ2) is 8.08. The summed E-state index contributed by atoms with van der Waals surface area (Å²) in [4.78, 5) is 1.30. The summed E-state index contributed by atoms with van der Waals surface area (Å²) < 4.78 is 12.9. The molecule has 106 valence electrons. The van der Waals surface area contributed by atoms with Gasteiger partial charge in [0.15, 0.2) is 0 Å². The molecule has 1 N–H and O–H groups in total. The monoisotopic (exact) mass is 289 g/mol. The first kappa shape index (κ1) is 15.1. The molecule has 2 aromatic rings. The average Bonchev–Trinajstić information content (AvgIpc) is 2.50. The maximum absolute atomic E-state index is 12.9. The second-order valence-corrected chi connectivity index (χ2v) is 5.80. The molecule has 2 rings (SSSR count). The molecule has 0 radical (unpaired) electrons. The van der Waals surface area contributed by atoms with Crippen LogP contribution >= 0.6 is 11.8 Å². The standard InChI is InChI=1S/C17H20FNS/c1-2-17(14-8-10-15(18)11-9-14)19-12-13-20-16-6-4-3-5-7-16/h3-11,17,19H,2,12-13H2,1H3. The molecule has 0 aliphatic carbocycles. The number of rotatable bonds is 7. The summed E-state index contributed by atoms with van der Waals surface area (Å²) in [7, 11) is 0. The van der Waals surface area contributed by atoms with Gasteiger partial charge in [-0.15, -0.1) is 11.8 Å². The minimum atomic E-state index is -0.178. The maximum atomic E-state index is 12.9. The van der Waals surface area contributed by atoms with E-state index in [4.69, 9.17) is 0 Å². The van der Waals surface area contributed by atoms with Crippen molar-refractivity contribution in [1.29, 1.82) is 0 Å². The Kier molecular flexibility index (Phi) is 6.09. The first-order chi connectivity index (χ1) is 9.79. The molecule has 0 heterocycles. The Morgan fingerprint density at radius 1 is 1.05 bits per heavy atom. The summed E-state index contributed by atoms with van der Waals surface area (Å²) in [5, 5.41) is 3.53. The quantitative estimate of drug-likeness (QED) is 0.588. The topological polar surface area (TPSA) is 12.0 Å². The lowest BCUT2D eigenvalue weighted by Gasteiger charge is -2.17. The average molecular weight is 289 g/mol. The van der Waals surface area contributed by atoms with Gasteiger partial charge < -0.3 is 5.32 Å². The van der Waals surface area contributed by atoms with Crippen LogP contribution < -0.4 is 5.32 Å². The van der Waals surface area contributed by atoms with Gasteiger partial charge in [-0.05, 0) is 36.2 Å². The van der Waals surface area contributed by atoms with E-state index in [-0.39, 0.29) is 5.82 Å². The molecule has 0 aromatic heterocycles. The zero-order valence-electron chi connectivity index (χ0n) is 11.7. The van der Waals surface area contributed by atoms with Gasteiger partial charge in [0.1, 0.15) is 5.82 Å². The predicted octanol–water partition coefficient (Wildman–Crippen LogP) is 4.66. The molecule has 1 atom stereocenters. The highest BCUT2D eigenvalue weighted by molar-refractivity contribution is 7.99. The summed E-state index contributed by atoms with van der Waals surface area (Å²) in [6, 6.07) is 17.5. The molecule has 0 amide bonds. The largest absolute Gasteiger partial charge is 0.309 e. The number of nitrogens with one attached hydrogen (secondary N) is 1. The normalized spacial score (nSPS) is 12.3. The van der Waals surface area contributed by atoms with Crippen LogP contribution in [0, 0.1) is 5.82 Å². The number of halogens is 1. The smallest absolute Gasteiger partial charge is 0.123 e. The van der Waals surface area contributed by atoms with Crippen molar-refractivity contribution in [1.82, 2.24) is 5.32 Å². The van der Waals surface area contributed by atoms with E-state index >= 15 is 0 Å². The lowest BCUT2D eigenvalue weighted by atomic mass is 10.0. The summed E-state index contributed by atoms with van der Waals surface area (Å²) in [5.74, 6) is 0.852. The van der Waals surface area contributed by atoms with Crippen molar-refractivity contribution in [3.63, 3.8) is 0 Å². The number of hydrogen-bond acceptors (Lipinski definition) is 2. The molecule has 0 saturated carbocycles. The van der Waals surface area contributed by atoms with E-state index in [9.17, 15) is 4.39 Å². The van der Waals surface area contributed by atoms with Crippen LogP contribution in [-0.2, 0) is 0 Å². The number of thioether (sulfide) groups is 1. The third kappa shape index (κ3) is 4.66. The van der Waals surface area contributed by atoms with Gasteiger partial charge in [-0.1, -0.05) is 37.3 Å². The molecule has 0 aliphatic rings. The fraction of sp³-hybridized carbons (Fsp3) is 0.294. The van der Waals surface area contributed by atoms with Crippen molar-refractivity contribution in [2.24, 2.45) is 0 Å². The van der Waals surface area contributed by atoms with Crippen molar-refractivity contribution in [3.05, 3.63) is 66.0 Å². The van der Waals surface area contributed by atoms with E-state index < -0.39 is 0 Å². The van der Waals surface area contributed by atoms with Crippen molar-refractivity contribution >= 4 is 11.8 Å². The zero-order chi connectivity index (χ0) is 14.2. The van der Waals surface area contributed by atoms with Crippen LogP contribution in [0.5, 0.6) is 0 Å². The van der Waals surface area contributed by atoms with Gasteiger partial charge in [-0.2, -0.15) is 0 Å². The lowest BCUT2D eigenvalue weighted by molar-refractivity contribution is 0.537. The fourth-order valence-electron chi connectivity index (χ4n) is 2.11. The van der Waals surface area contributed by atoms with Crippen LogP contribution in [0.1, 0.15) is 24.9 Å². The molecule has 1 unspecified atom stereocenters. The maximum Gasteiger partial charge on any atom is 0.123 e. The fourth-order valence-corrected chi connectivity index (χ4v) is 2.92. The van der Waals surface area contributed by atoms with E-state index in [0.29, 0.717) is 6.04 Å². The summed E-state index contributed by atoms with van der Waals surface area (Å²) in [6.45, 7) is 3.08. The van der Waals surface area contributed by atoms with Gasteiger partial charge in [0.25, 0.3) is 0 Å². The van der Waals surface area contributed by atoms with E-state index in [1.807, 2.05) is 30.0 Å². The molecular weight excluding hydrogens is 269 g/mol. The van der Waals surface area contributed by atoms with Crippen molar-refractivity contribution < 1.29 is 4.39 Å². The van der Waals surface area contributed by atoms with E-state index in [0.717, 1.165) is 24.3 Å². The van der Waals surface area contributed by atoms with Crippen LogP contribution in [-0.4, -0.2) is 12.3 Å². The van der Waals surface area contributed by atoms with Crippen LogP contribution in [0.25, 0.3) is 0 Å². The minimum absolute atomic E-state index is 0.178. The van der Waals surface area contributed by atoms with Gasteiger partial charge in [0, 0.05) is 23.2 Å². The third-order valence-corrected chi connectivity index (χ3v) is 4.20. The first-order valence-electron chi connectivity index (χ1n) is 6.96. The Bertz CT molecular complexity index is 498. The molecular formula is C17H20FNS. The van der Waals surface area contributed by atoms with E-state index in [1.54, 1.807) is 0 Å². The van der Waals surface area contributed by atoms with Gasteiger partial charge >= 0.3 is 0 Å². The molecule has 2 aromatic carbocycles. The van der Waals surface area contributed by atoms with E-state index in [2.05, 4.69) is 36.5 Å². The second-order valence-electron chi connectivity index (χ2n) is 4.63. The predicted molar refractivity (Wildman–Crippen MR) is 84.6 cm³/mol. The van der Waals surface area contributed by atoms with Gasteiger partial charge in [0.2, 0.25) is 0 Å². The Labute approximate surface area is 124 Å². The Morgan fingerprint density at radius 2 is 1.75 bits per heavy atom. The summed E-state index contributed by atoms with van der Waals surface area (Å²) in [5.41, 5.74) is 1.15. The molecule has 0 aliphatic heterocycles. The molecule has 0 spiro atoms. The van der Waals surface area contributed by atoms with Crippen LogP contribution in [0.15, 0.2) is 59.5 Å². The lowest BCUT2D eigenvalue weighted by Crippen LogP contribution is -2.23. The van der Waals surface area contributed by atoms with E-state index in [1.165, 1.54) is 17.0 Å². The Morgan fingerprint density at radius 3 is 2.40 bits per heavy atom. The summed E-state index contributed by atoms with van der Waals surface area (Å²) in [6.07, 6.45) is 1.00. The van der Waals surface area contributed by atoms with Gasteiger partial charge in [-0.25, -0.2) is 4.39 Å². The van der Waals surface area contributed by atoms with Crippen LogP contribution in [0.2, 0.25) is 0 Å². The molecule has 1 nitrogen and oxygen atoms in total. The van der Waals surface area contributed by atoms with Gasteiger partial charge in [-0.3, -0.25) is 0 Å². The molecule has 3 heteroatoms. The highest BCUT2D eigenvalue weighted by atomic mass is 32.2. The molecule has 0 bridgehead atoms. The Balaban J connectivity index is 1.78. The molecule has 0 fully saturated rings. The van der Waals surface area contributed by atoms with Gasteiger partial charge in [0.05, 0.1) is 0 Å². The van der Waals surface area contributed by atoms with Crippen molar-refractivity contribution in [2.75, 3.05) is 12.3 Å². The first-order valence-corrected chi connectivity index (χ1v) is 7.95. The molecule has 20 heavy (non-hydrogen) atoms. The number of hydrogen-bond donors (Lipinski definition) is 1.